The first-order chi connectivity index (χ1) is 8.74. The number of benzene rings is 1. The van der Waals surface area contributed by atoms with Crippen molar-refractivity contribution in [2.45, 2.75) is 0 Å². The van der Waals surface area contributed by atoms with Gasteiger partial charge < -0.3 is 16.4 Å². The zero-order valence-corrected chi connectivity index (χ0v) is 10.1. The molecule has 0 atom stereocenters. The maximum Gasteiger partial charge on any atom is 0.251 e. The summed E-state index contributed by atoms with van der Waals surface area (Å²) in [5.74, 6) is -0.496. The van der Waals surface area contributed by atoms with Crippen LogP contribution in [0.25, 0.3) is 0 Å². The second kappa shape index (κ2) is 8.03. The van der Waals surface area contributed by atoms with Gasteiger partial charge in [0.05, 0.1) is 6.54 Å². The van der Waals surface area contributed by atoms with Gasteiger partial charge in [-0.05, 0) is 12.1 Å². The first-order valence-electron chi connectivity index (χ1n) is 5.69. The number of hydrogen-bond donors (Lipinski definition) is 3. The standard InChI is InChI=1S/C13H17N3O2/c14-8-4-5-9-15-12(17)10-16-13(18)11-6-2-1-3-7-11/h1-7H,8-10,14H2,(H,15,17)(H,16,18)/b5-4+. The Hall–Kier alpha value is -2.14. The van der Waals surface area contributed by atoms with Crippen LogP contribution in [0.5, 0.6) is 0 Å². The summed E-state index contributed by atoms with van der Waals surface area (Å²) in [7, 11) is 0. The van der Waals surface area contributed by atoms with Crippen molar-refractivity contribution in [3.05, 3.63) is 48.0 Å². The van der Waals surface area contributed by atoms with Gasteiger partial charge in [-0.15, -0.1) is 0 Å². The van der Waals surface area contributed by atoms with Crippen LogP contribution in [0.2, 0.25) is 0 Å². The minimum Gasteiger partial charge on any atom is -0.351 e. The molecule has 0 aliphatic carbocycles. The Labute approximate surface area is 106 Å². The van der Waals surface area contributed by atoms with Crippen molar-refractivity contribution in [2.75, 3.05) is 19.6 Å². The molecule has 0 heterocycles. The largest absolute Gasteiger partial charge is 0.351 e. The van der Waals surface area contributed by atoms with Crippen LogP contribution in [0, 0.1) is 0 Å². The van der Waals surface area contributed by atoms with Crippen LogP contribution in [-0.4, -0.2) is 31.4 Å². The second-order valence-corrected chi connectivity index (χ2v) is 3.56. The predicted molar refractivity (Wildman–Crippen MR) is 70.0 cm³/mol. The highest BCUT2D eigenvalue weighted by molar-refractivity contribution is 5.96. The van der Waals surface area contributed by atoms with E-state index in [1.807, 2.05) is 6.07 Å². The summed E-state index contributed by atoms with van der Waals surface area (Å²) in [4.78, 5) is 23.0. The Kier molecular flexibility index (Phi) is 6.21. The van der Waals surface area contributed by atoms with E-state index in [-0.39, 0.29) is 18.4 Å². The quantitative estimate of drug-likeness (QED) is 0.621. The number of hydrogen-bond acceptors (Lipinski definition) is 3. The molecule has 5 heteroatoms. The van der Waals surface area contributed by atoms with E-state index in [9.17, 15) is 9.59 Å². The summed E-state index contributed by atoms with van der Waals surface area (Å²) in [5, 5.41) is 5.17. The van der Waals surface area contributed by atoms with E-state index < -0.39 is 0 Å². The molecule has 0 aliphatic rings. The average Bonchev–Trinajstić information content (AvgIpc) is 2.42. The minimum atomic E-state index is -0.261. The van der Waals surface area contributed by atoms with Crippen LogP contribution in [0.15, 0.2) is 42.5 Å². The maximum absolute atomic E-state index is 11.6. The molecular formula is C13H17N3O2. The van der Waals surface area contributed by atoms with Gasteiger partial charge in [-0.2, -0.15) is 0 Å². The van der Waals surface area contributed by atoms with E-state index in [2.05, 4.69) is 10.6 Å². The Bertz CT molecular complexity index is 416. The lowest BCUT2D eigenvalue weighted by atomic mass is 10.2. The summed E-state index contributed by atoms with van der Waals surface area (Å²) in [6.45, 7) is 0.821. The highest BCUT2D eigenvalue weighted by atomic mass is 16.2. The number of carbonyl (C=O) groups is 2. The zero-order chi connectivity index (χ0) is 13.2. The Morgan fingerprint density at radius 1 is 1.11 bits per heavy atom. The summed E-state index contributed by atoms with van der Waals surface area (Å²) < 4.78 is 0. The van der Waals surface area contributed by atoms with Gasteiger partial charge in [0.25, 0.3) is 5.91 Å². The van der Waals surface area contributed by atoms with Gasteiger partial charge in [-0.1, -0.05) is 30.4 Å². The van der Waals surface area contributed by atoms with Crippen LogP contribution in [0.4, 0.5) is 0 Å². The molecule has 4 N–H and O–H groups in total. The van der Waals surface area contributed by atoms with Crippen LogP contribution in [0.1, 0.15) is 10.4 Å². The van der Waals surface area contributed by atoms with E-state index in [0.717, 1.165) is 0 Å². The number of nitrogens with one attached hydrogen (secondary N) is 2. The zero-order valence-electron chi connectivity index (χ0n) is 10.1. The Balaban J connectivity index is 2.26. The molecule has 0 bridgehead atoms. The predicted octanol–water partition coefficient (Wildman–Crippen LogP) is 0.0475. The molecule has 0 saturated heterocycles. The van der Waals surface area contributed by atoms with Gasteiger partial charge in [-0.25, -0.2) is 0 Å². The third-order valence-corrected chi connectivity index (χ3v) is 2.17. The Morgan fingerprint density at radius 2 is 1.83 bits per heavy atom. The van der Waals surface area contributed by atoms with Crippen molar-refractivity contribution in [2.24, 2.45) is 5.73 Å². The summed E-state index contributed by atoms with van der Waals surface area (Å²) in [6, 6.07) is 8.75. The SMILES string of the molecule is NC/C=C/CNC(=O)CNC(=O)c1ccccc1. The number of carbonyl (C=O) groups excluding carboxylic acids is 2. The molecule has 2 amide bonds. The molecule has 0 fully saturated rings. The monoisotopic (exact) mass is 247 g/mol. The van der Waals surface area contributed by atoms with Crippen molar-refractivity contribution >= 4 is 11.8 Å². The second-order valence-electron chi connectivity index (χ2n) is 3.56. The molecule has 1 aromatic carbocycles. The molecule has 1 rings (SSSR count). The lowest BCUT2D eigenvalue weighted by molar-refractivity contribution is -0.119. The van der Waals surface area contributed by atoms with E-state index >= 15 is 0 Å². The molecule has 0 aromatic heterocycles. The molecule has 18 heavy (non-hydrogen) atoms. The lowest BCUT2D eigenvalue weighted by Crippen LogP contribution is -2.36. The molecule has 0 aliphatic heterocycles. The van der Waals surface area contributed by atoms with Crippen molar-refractivity contribution < 1.29 is 9.59 Å². The van der Waals surface area contributed by atoms with Gasteiger partial charge in [0.2, 0.25) is 5.91 Å². The molecule has 1 aromatic rings. The van der Waals surface area contributed by atoms with E-state index in [1.54, 1.807) is 36.4 Å². The van der Waals surface area contributed by atoms with E-state index in [4.69, 9.17) is 5.73 Å². The topological polar surface area (TPSA) is 84.2 Å². The molecule has 0 saturated carbocycles. The fraction of sp³-hybridized carbons (Fsp3) is 0.231. The lowest BCUT2D eigenvalue weighted by Gasteiger charge is -2.05. The first kappa shape index (κ1) is 13.9. The third-order valence-electron chi connectivity index (χ3n) is 2.17. The Morgan fingerprint density at radius 3 is 2.50 bits per heavy atom. The average molecular weight is 247 g/mol. The van der Waals surface area contributed by atoms with Crippen LogP contribution in [-0.2, 0) is 4.79 Å². The van der Waals surface area contributed by atoms with Crippen molar-refractivity contribution in [1.29, 1.82) is 0 Å². The van der Waals surface area contributed by atoms with E-state index in [1.165, 1.54) is 0 Å². The molecule has 96 valence electrons. The third kappa shape index (κ3) is 5.27. The minimum absolute atomic E-state index is 0.0375. The number of nitrogens with two attached hydrogens (primary N) is 1. The van der Waals surface area contributed by atoms with Gasteiger partial charge in [0.15, 0.2) is 0 Å². The fourth-order valence-corrected chi connectivity index (χ4v) is 1.27. The van der Waals surface area contributed by atoms with Crippen LogP contribution < -0.4 is 16.4 Å². The summed E-state index contributed by atoms with van der Waals surface area (Å²) in [5.41, 5.74) is 5.79. The van der Waals surface area contributed by atoms with Gasteiger partial charge in [0.1, 0.15) is 0 Å². The molecule has 5 nitrogen and oxygen atoms in total. The van der Waals surface area contributed by atoms with Crippen molar-refractivity contribution in [3.63, 3.8) is 0 Å². The smallest absolute Gasteiger partial charge is 0.251 e. The molecule has 0 spiro atoms. The maximum atomic E-state index is 11.6. The van der Waals surface area contributed by atoms with Gasteiger partial charge in [0, 0.05) is 18.7 Å². The first-order valence-corrected chi connectivity index (χ1v) is 5.69. The number of amides is 2. The van der Waals surface area contributed by atoms with Gasteiger partial charge >= 0.3 is 0 Å². The highest BCUT2D eigenvalue weighted by Crippen LogP contribution is 1.96. The fourth-order valence-electron chi connectivity index (χ4n) is 1.27. The number of rotatable bonds is 6. The van der Waals surface area contributed by atoms with Crippen LogP contribution in [0.3, 0.4) is 0 Å². The van der Waals surface area contributed by atoms with Crippen molar-refractivity contribution in [1.82, 2.24) is 10.6 Å². The molecule has 0 unspecified atom stereocenters. The van der Waals surface area contributed by atoms with Gasteiger partial charge in [-0.3, -0.25) is 9.59 Å². The molecular weight excluding hydrogens is 230 g/mol. The highest BCUT2D eigenvalue weighted by Gasteiger charge is 2.06. The molecule has 0 radical (unpaired) electrons. The normalized spacial score (nSPS) is 10.3. The van der Waals surface area contributed by atoms with Crippen LogP contribution >= 0.6 is 0 Å². The van der Waals surface area contributed by atoms with Crippen molar-refractivity contribution in [3.8, 4) is 0 Å². The summed E-state index contributed by atoms with van der Waals surface area (Å²) >= 11 is 0. The van der Waals surface area contributed by atoms with E-state index in [0.29, 0.717) is 18.7 Å². The summed E-state index contributed by atoms with van der Waals surface area (Å²) in [6.07, 6.45) is 3.51.